The van der Waals surface area contributed by atoms with Gasteiger partial charge in [-0.05, 0) is 56.5 Å². The molecule has 33 heavy (non-hydrogen) atoms. The molecule has 0 bridgehead atoms. The van der Waals surface area contributed by atoms with E-state index in [4.69, 9.17) is 0 Å². The number of hydrogen-bond acceptors (Lipinski definition) is 5. The molecule has 2 N–H and O–H groups in total. The zero-order chi connectivity index (χ0) is 24.0. The van der Waals surface area contributed by atoms with Crippen LogP contribution >= 0.6 is 11.8 Å². The largest absolute Gasteiger partial charge is 0.342 e. The number of aryl methyl sites for hydroxylation is 2. The summed E-state index contributed by atoms with van der Waals surface area (Å²) in [5.74, 6) is 0.764. The lowest BCUT2D eigenvalue weighted by Crippen LogP contribution is -2.33. The Morgan fingerprint density at radius 3 is 2.36 bits per heavy atom. The molecule has 0 radical (unpaired) electrons. The van der Waals surface area contributed by atoms with Crippen molar-refractivity contribution in [3.63, 3.8) is 0 Å². The first-order valence-corrected chi connectivity index (χ1v) is 12.1. The third-order valence-electron chi connectivity index (χ3n) is 5.21. The summed E-state index contributed by atoms with van der Waals surface area (Å²) < 4.78 is 1.96. The zero-order valence-electron chi connectivity index (χ0n) is 19.8. The molecule has 3 aromatic rings. The number of amides is 2. The van der Waals surface area contributed by atoms with Gasteiger partial charge in [-0.3, -0.25) is 9.59 Å². The Kier molecular flexibility index (Phi) is 8.27. The van der Waals surface area contributed by atoms with Crippen molar-refractivity contribution in [1.29, 1.82) is 0 Å². The number of nitrogens with one attached hydrogen (secondary N) is 2. The number of hydrogen-bond donors (Lipinski definition) is 2. The number of carbonyl (C=O) groups is 2. The predicted molar refractivity (Wildman–Crippen MR) is 132 cm³/mol. The maximum Gasteiger partial charge on any atom is 0.251 e. The summed E-state index contributed by atoms with van der Waals surface area (Å²) in [5, 5.41) is 15.4. The van der Waals surface area contributed by atoms with Crippen molar-refractivity contribution in [2.24, 2.45) is 5.92 Å². The van der Waals surface area contributed by atoms with E-state index in [2.05, 4.69) is 20.8 Å². The highest BCUT2D eigenvalue weighted by molar-refractivity contribution is 7.99. The summed E-state index contributed by atoms with van der Waals surface area (Å²) >= 11 is 1.33. The molecule has 0 aliphatic carbocycles. The monoisotopic (exact) mass is 465 g/mol. The fourth-order valence-corrected chi connectivity index (χ4v) is 4.33. The minimum absolute atomic E-state index is 0.106. The number of aromatic nitrogens is 3. The van der Waals surface area contributed by atoms with Crippen molar-refractivity contribution in [2.45, 2.75) is 52.4 Å². The van der Waals surface area contributed by atoms with E-state index in [1.165, 1.54) is 11.8 Å². The highest BCUT2D eigenvalue weighted by Gasteiger charge is 2.26. The SMILES string of the molecule is CCn1c(SCC(=O)Nc2cccc(C)c2)nnc1[C@H](NC(=O)c1cccc(C)c1)C(C)C. The minimum Gasteiger partial charge on any atom is -0.342 e. The minimum atomic E-state index is -0.305. The molecule has 0 spiro atoms. The van der Waals surface area contributed by atoms with Crippen LogP contribution in [-0.2, 0) is 11.3 Å². The van der Waals surface area contributed by atoms with Crippen molar-refractivity contribution < 1.29 is 9.59 Å². The van der Waals surface area contributed by atoms with Gasteiger partial charge in [0.2, 0.25) is 5.91 Å². The molecular weight excluding hydrogens is 434 g/mol. The van der Waals surface area contributed by atoms with E-state index in [1.54, 1.807) is 6.07 Å². The first kappa shape index (κ1) is 24.5. The molecule has 0 saturated heterocycles. The van der Waals surface area contributed by atoms with E-state index in [1.807, 2.05) is 81.7 Å². The van der Waals surface area contributed by atoms with Crippen LogP contribution in [0.1, 0.15) is 54.1 Å². The average molecular weight is 466 g/mol. The Bertz CT molecular complexity index is 1130. The quantitative estimate of drug-likeness (QED) is 0.444. The molecule has 3 rings (SSSR count). The summed E-state index contributed by atoms with van der Waals surface area (Å²) in [5.41, 5.74) is 3.51. The molecule has 0 unspecified atom stereocenters. The van der Waals surface area contributed by atoms with Crippen molar-refractivity contribution >= 4 is 29.3 Å². The summed E-state index contributed by atoms with van der Waals surface area (Å²) in [6.45, 7) is 10.7. The molecule has 8 heteroatoms. The summed E-state index contributed by atoms with van der Waals surface area (Å²) in [4.78, 5) is 25.3. The van der Waals surface area contributed by atoms with Crippen LogP contribution in [0.5, 0.6) is 0 Å². The third kappa shape index (κ3) is 6.44. The van der Waals surface area contributed by atoms with Crippen molar-refractivity contribution in [1.82, 2.24) is 20.1 Å². The van der Waals surface area contributed by atoms with Gasteiger partial charge in [-0.15, -0.1) is 10.2 Å². The first-order chi connectivity index (χ1) is 15.8. The number of thioether (sulfide) groups is 1. The van der Waals surface area contributed by atoms with Crippen LogP contribution in [0.25, 0.3) is 0 Å². The predicted octanol–water partition coefficient (Wildman–Crippen LogP) is 4.77. The van der Waals surface area contributed by atoms with Gasteiger partial charge in [0.15, 0.2) is 11.0 Å². The lowest BCUT2D eigenvalue weighted by Gasteiger charge is -2.22. The van der Waals surface area contributed by atoms with Gasteiger partial charge in [-0.1, -0.05) is 55.4 Å². The summed E-state index contributed by atoms with van der Waals surface area (Å²) in [7, 11) is 0. The molecule has 7 nitrogen and oxygen atoms in total. The molecule has 1 heterocycles. The summed E-state index contributed by atoms with van der Waals surface area (Å²) in [6.07, 6.45) is 0. The van der Waals surface area contributed by atoms with E-state index in [0.29, 0.717) is 23.1 Å². The van der Waals surface area contributed by atoms with Crippen molar-refractivity contribution in [2.75, 3.05) is 11.1 Å². The lowest BCUT2D eigenvalue weighted by atomic mass is 10.0. The maximum absolute atomic E-state index is 12.9. The van der Waals surface area contributed by atoms with E-state index in [9.17, 15) is 9.59 Å². The van der Waals surface area contributed by atoms with Crippen LogP contribution in [0.2, 0.25) is 0 Å². The fourth-order valence-electron chi connectivity index (χ4n) is 3.52. The molecule has 0 saturated carbocycles. The van der Waals surface area contributed by atoms with E-state index >= 15 is 0 Å². The second kappa shape index (κ2) is 11.1. The van der Waals surface area contributed by atoms with Crippen LogP contribution in [0.4, 0.5) is 5.69 Å². The molecule has 174 valence electrons. The fraction of sp³-hybridized carbons (Fsp3) is 0.360. The lowest BCUT2D eigenvalue weighted by molar-refractivity contribution is -0.113. The van der Waals surface area contributed by atoms with Gasteiger partial charge >= 0.3 is 0 Å². The molecule has 1 aromatic heterocycles. The molecule has 0 aliphatic heterocycles. The van der Waals surface area contributed by atoms with Crippen LogP contribution in [0, 0.1) is 19.8 Å². The summed E-state index contributed by atoms with van der Waals surface area (Å²) in [6, 6.07) is 14.9. The second-order valence-corrected chi connectivity index (χ2v) is 9.30. The van der Waals surface area contributed by atoms with E-state index in [0.717, 1.165) is 16.8 Å². The number of carbonyl (C=O) groups excluding carboxylic acids is 2. The van der Waals surface area contributed by atoms with Crippen LogP contribution in [0.15, 0.2) is 53.7 Å². The Balaban J connectivity index is 1.71. The van der Waals surface area contributed by atoms with Crippen molar-refractivity contribution in [3.05, 3.63) is 71.0 Å². The highest BCUT2D eigenvalue weighted by Crippen LogP contribution is 2.26. The molecule has 2 aromatic carbocycles. The van der Waals surface area contributed by atoms with Crippen molar-refractivity contribution in [3.8, 4) is 0 Å². The van der Waals surface area contributed by atoms with E-state index in [-0.39, 0.29) is 29.5 Å². The molecular formula is C25H31N5O2S. The average Bonchev–Trinajstić information content (AvgIpc) is 3.18. The number of nitrogens with zero attached hydrogens (tertiary/aromatic N) is 3. The Labute approximate surface area is 199 Å². The Morgan fingerprint density at radius 2 is 1.73 bits per heavy atom. The molecule has 2 amide bonds. The van der Waals surface area contributed by atoms with Gasteiger partial charge in [0.25, 0.3) is 5.91 Å². The van der Waals surface area contributed by atoms with Gasteiger partial charge in [0.1, 0.15) is 0 Å². The molecule has 1 atom stereocenters. The Hall–Kier alpha value is -3.13. The van der Waals surface area contributed by atoms with Crippen LogP contribution < -0.4 is 10.6 Å². The topological polar surface area (TPSA) is 88.9 Å². The third-order valence-corrected chi connectivity index (χ3v) is 6.17. The van der Waals surface area contributed by atoms with E-state index < -0.39 is 0 Å². The molecule has 0 fully saturated rings. The molecule has 0 aliphatic rings. The van der Waals surface area contributed by atoms with Crippen LogP contribution in [-0.4, -0.2) is 32.3 Å². The second-order valence-electron chi connectivity index (χ2n) is 8.36. The van der Waals surface area contributed by atoms with Crippen LogP contribution in [0.3, 0.4) is 0 Å². The van der Waals surface area contributed by atoms with Gasteiger partial charge in [0.05, 0.1) is 11.8 Å². The van der Waals surface area contributed by atoms with Gasteiger partial charge in [-0.2, -0.15) is 0 Å². The van der Waals surface area contributed by atoms with Gasteiger partial charge < -0.3 is 15.2 Å². The maximum atomic E-state index is 12.9. The smallest absolute Gasteiger partial charge is 0.251 e. The number of rotatable bonds is 9. The highest BCUT2D eigenvalue weighted by atomic mass is 32.2. The zero-order valence-corrected chi connectivity index (χ0v) is 20.6. The Morgan fingerprint density at radius 1 is 1.03 bits per heavy atom. The van der Waals surface area contributed by atoms with Gasteiger partial charge in [-0.25, -0.2) is 0 Å². The number of benzene rings is 2. The normalized spacial score (nSPS) is 11.9. The van der Waals surface area contributed by atoms with Gasteiger partial charge in [0, 0.05) is 17.8 Å². The number of anilines is 1. The first-order valence-electron chi connectivity index (χ1n) is 11.1. The standard InChI is InChI=1S/C25H31N5O2S/c1-6-30-23(22(16(2)3)27-24(32)19-11-7-9-17(4)13-19)28-29-25(30)33-15-21(31)26-20-12-8-10-18(5)14-20/h7-14,16,22H,6,15H2,1-5H3,(H,26,31)(H,27,32)/t22-/m1/s1.